The van der Waals surface area contributed by atoms with Gasteiger partial charge < -0.3 is 24.1 Å². The Hall–Kier alpha value is -3.30. The van der Waals surface area contributed by atoms with Crippen molar-refractivity contribution in [2.45, 2.75) is 50.4 Å². The number of rotatable bonds is 6. The number of ether oxygens (including phenoxy) is 2. The summed E-state index contributed by atoms with van der Waals surface area (Å²) in [5, 5.41) is 14.2. The summed E-state index contributed by atoms with van der Waals surface area (Å²) in [6.07, 6.45) is -5.66. The van der Waals surface area contributed by atoms with Crippen molar-refractivity contribution >= 4 is 11.9 Å². The van der Waals surface area contributed by atoms with Crippen LogP contribution in [0.25, 0.3) is 0 Å². The van der Waals surface area contributed by atoms with Crippen LogP contribution in [-0.4, -0.2) is 90.3 Å². The minimum Gasteiger partial charge on any atom is -0.497 e. The Morgan fingerprint density at radius 3 is 2.10 bits per heavy atom. The van der Waals surface area contributed by atoms with Crippen molar-refractivity contribution in [3.8, 4) is 5.75 Å². The Kier molecular flexibility index (Phi) is 12.5. The summed E-state index contributed by atoms with van der Waals surface area (Å²) >= 11 is 0. The third-order valence-electron chi connectivity index (χ3n) is 6.41. The van der Waals surface area contributed by atoms with Crippen LogP contribution in [-0.2, 0) is 27.4 Å². The second-order valence-corrected chi connectivity index (χ2v) is 9.45. The maximum Gasteiger partial charge on any atom is 0.490 e. The lowest BCUT2D eigenvalue weighted by molar-refractivity contribution is -0.193. The number of benzene rings is 1. The number of carboxylic acid groups (broad SMARTS) is 2. The van der Waals surface area contributed by atoms with Crippen LogP contribution < -0.4 is 4.74 Å². The van der Waals surface area contributed by atoms with Crippen molar-refractivity contribution < 1.29 is 60.0 Å². The molecule has 9 nitrogen and oxygen atoms in total. The largest absolute Gasteiger partial charge is 0.497 e. The monoisotopic (exact) mass is 598 g/mol. The number of hydrogen-bond acceptors (Lipinski definition) is 7. The van der Waals surface area contributed by atoms with E-state index >= 15 is 0 Å². The number of furan rings is 1. The summed E-state index contributed by atoms with van der Waals surface area (Å²) in [6.45, 7) is 4.82. The first kappa shape index (κ1) is 33.9. The lowest BCUT2D eigenvalue weighted by Crippen LogP contribution is -2.59. The Balaban J connectivity index is 0.000000349. The predicted molar refractivity (Wildman–Crippen MR) is 132 cm³/mol. The third kappa shape index (κ3) is 11.2. The summed E-state index contributed by atoms with van der Waals surface area (Å²) in [4.78, 5) is 22.8. The van der Waals surface area contributed by atoms with Gasteiger partial charge in [-0.05, 0) is 55.6 Å². The molecule has 0 saturated carbocycles. The minimum absolute atomic E-state index is 0.325. The molecule has 3 atom stereocenters. The molecule has 15 heteroatoms. The summed E-state index contributed by atoms with van der Waals surface area (Å²) in [5.74, 6) is -2.99. The molecule has 1 aromatic heterocycles. The first-order chi connectivity index (χ1) is 19.1. The molecule has 0 aliphatic carbocycles. The molecule has 0 amide bonds. The van der Waals surface area contributed by atoms with Crippen LogP contribution in [0.1, 0.15) is 24.2 Å². The fraction of sp³-hybridized carbons (Fsp3) is 0.538. The van der Waals surface area contributed by atoms with E-state index < -0.39 is 24.3 Å². The summed E-state index contributed by atoms with van der Waals surface area (Å²) in [6, 6.07) is 12.8. The molecule has 2 aliphatic heterocycles. The molecule has 2 N–H and O–H groups in total. The molecule has 3 heterocycles. The first-order valence-electron chi connectivity index (χ1n) is 12.4. The molecule has 0 radical (unpaired) electrons. The van der Waals surface area contributed by atoms with E-state index in [1.807, 2.05) is 24.3 Å². The van der Waals surface area contributed by atoms with Gasteiger partial charge in [0, 0.05) is 32.3 Å². The van der Waals surface area contributed by atoms with E-state index in [1.54, 1.807) is 13.4 Å². The topological polar surface area (TPSA) is 113 Å². The molecule has 2 saturated heterocycles. The van der Waals surface area contributed by atoms with Crippen molar-refractivity contribution in [2.24, 2.45) is 5.92 Å². The van der Waals surface area contributed by atoms with Gasteiger partial charge in [0.15, 0.2) is 0 Å². The van der Waals surface area contributed by atoms with Gasteiger partial charge in [-0.15, -0.1) is 0 Å². The van der Waals surface area contributed by atoms with Crippen molar-refractivity contribution in [1.29, 1.82) is 0 Å². The van der Waals surface area contributed by atoms with Crippen LogP contribution >= 0.6 is 0 Å². The van der Waals surface area contributed by atoms with E-state index in [9.17, 15) is 26.3 Å². The van der Waals surface area contributed by atoms with Crippen LogP contribution in [0.15, 0.2) is 47.1 Å². The zero-order chi connectivity index (χ0) is 30.8. The van der Waals surface area contributed by atoms with E-state index in [1.165, 1.54) is 18.4 Å². The lowest BCUT2D eigenvalue weighted by Gasteiger charge is -2.48. The zero-order valence-electron chi connectivity index (χ0n) is 22.3. The average Bonchev–Trinajstić information content (AvgIpc) is 3.41. The minimum atomic E-state index is -5.08. The van der Waals surface area contributed by atoms with Crippen LogP contribution in [0.3, 0.4) is 0 Å². The highest BCUT2D eigenvalue weighted by atomic mass is 19.4. The van der Waals surface area contributed by atoms with Crippen molar-refractivity contribution in [3.05, 3.63) is 54.0 Å². The van der Waals surface area contributed by atoms with Gasteiger partial charge in [0.25, 0.3) is 0 Å². The highest BCUT2D eigenvalue weighted by Gasteiger charge is 2.41. The maximum absolute atomic E-state index is 10.6. The smallest absolute Gasteiger partial charge is 0.490 e. The quantitative estimate of drug-likeness (QED) is 0.459. The van der Waals surface area contributed by atoms with Gasteiger partial charge >= 0.3 is 24.3 Å². The van der Waals surface area contributed by atoms with Gasteiger partial charge in [0.05, 0.1) is 26.0 Å². The summed E-state index contributed by atoms with van der Waals surface area (Å²) in [7, 11) is 3.90. The van der Waals surface area contributed by atoms with Crippen LogP contribution in [0.4, 0.5) is 26.3 Å². The fourth-order valence-electron chi connectivity index (χ4n) is 4.53. The van der Waals surface area contributed by atoms with Crippen molar-refractivity contribution in [3.63, 3.8) is 0 Å². The van der Waals surface area contributed by atoms with Crippen molar-refractivity contribution in [2.75, 3.05) is 33.9 Å². The molecule has 0 unspecified atom stereocenters. The molecule has 2 fully saturated rings. The Morgan fingerprint density at radius 1 is 1.02 bits per heavy atom. The molecule has 2 aliphatic rings. The Labute approximate surface area is 232 Å². The van der Waals surface area contributed by atoms with Gasteiger partial charge in [-0.2, -0.15) is 26.3 Å². The van der Waals surface area contributed by atoms with Gasteiger partial charge in [0.1, 0.15) is 11.5 Å². The standard InChI is InChI=1S/C22H30N2O3.2C2HF3O2/c1-23(15-20-6-4-11-26-20)21-16-24(14-18-5-3-12-27-22(18)21)13-17-7-9-19(25-2)10-8-17;2*3-2(4,5)1(6)7/h4,6-11,18,21-22H,3,5,12-16H2,1-2H3;2*(H,6,7)/t18-,21+,22-;;/m0../s1. The molecular weight excluding hydrogens is 566 g/mol. The first-order valence-corrected chi connectivity index (χ1v) is 12.4. The molecule has 230 valence electrons. The number of carboxylic acids is 2. The number of carbonyl (C=O) groups is 2. The highest BCUT2D eigenvalue weighted by molar-refractivity contribution is 5.73. The predicted octanol–water partition coefficient (Wildman–Crippen LogP) is 4.67. The van der Waals surface area contributed by atoms with E-state index in [4.69, 9.17) is 33.7 Å². The van der Waals surface area contributed by atoms with Crippen molar-refractivity contribution in [1.82, 2.24) is 9.80 Å². The van der Waals surface area contributed by atoms with Gasteiger partial charge in [-0.3, -0.25) is 9.80 Å². The Bertz CT molecular complexity index is 1050. The van der Waals surface area contributed by atoms with Gasteiger partial charge in [-0.25, -0.2) is 9.59 Å². The van der Waals surface area contributed by atoms with E-state index in [0.29, 0.717) is 18.1 Å². The number of alkyl halides is 6. The maximum atomic E-state index is 10.6. The van der Waals surface area contributed by atoms with Gasteiger partial charge in [-0.1, -0.05) is 12.1 Å². The normalized spacial score (nSPS) is 21.0. The van der Waals surface area contributed by atoms with Gasteiger partial charge in [0.2, 0.25) is 0 Å². The lowest BCUT2D eigenvalue weighted by atomic mass is 9.84. The molecule has 2 aromatic rings. The van der Waals surface area contributed by atoms with Crippen LogP contribution in [0, 0.1) is 5.92 Å². The number of piperidine rings is 1. The van der Waals surface area contributed by atoms with E-state index in [2.05, 4.69) is 29.0 Å². The SMILES string of the molecule is COc1ccc(CN2C[C@@H]3CCCO[C@@H]3[C@H](N(C)Cc3ccco3)C2)cc1.O=C(O)C(F)(F)F.O=C(O)C(F)(F)F. The van der Waals surface area contributed by atoms with E-state index in [0.717, 1.165) is 44.3 Å². The average molecular weight is 599 g/mol. The van der Waals surface area contributed by atoms with Crippen LogP contribution in [0.2, 0.25) is 0 Å². The second kappa shape index (κ2) is 15.1. The number of methoxy groups -OCH3 is 1. The second-order valence-electron chi connectivity index (χ2n) is 9.45. The number of hydrogen-bond donors (Lipinski definition) is 2. The summed E-state index contributed by atoms with van der Waals surface area (Å²) < 4.78 is 80.6. The number of nitrogens with zero attached hydrogens (tertiary/aromatic N) is 2. The number of halogens is 6. The molecular formula is C26H32F6N2O7. The highest BCUT2D eigenvalue weighted by Crippen LogP contribution is 2.32. The number of likely N-dealkylation sites (tertiary alicyclic amines) is 1. The molecule has 1 aromatic carbocycles. The zero-order valence-corrected chi connectivity index (χ0v) is 22.3. The van der Waals surface area contributed by atoms with Crippen LogP contribution in [0.5, 0.6) is 5.75 Å². The molecule has 0 bridgehead atoms. The number of fused-ring (bicyclic) bond motifs is 1. The number of aliphatic carboxylic acids is 2. The third-order valence-corrected chi connectivity index (χ3v) is 6.41. The Morgan fingerprint density at radius 2 is 1.61 bits per heavy atom. The van der Waals surface area contributed by atoms with E-state index in [-0.39, 0.29) is 0 Å². The number of likely N-dealkylation sites (N-methyl/N-ethyl adjacent to an activating group) is 1. The molecule has 41 heavy (non-hydrogen) atoms. The molecule has 0 spiro atoms. The fourth-order valence-corrected chi connectivity index (χ4v) is 4.53. The summed E-state index contributed by atoms with van der Waals surface area (Å²) in [5.41, 5.74) is 1.33. The molecule has 4 rings (SSSR count).